The maximum absolute atomic E-state index is 12.9. The van der Waals surface area contributed by atoms with Gasteiger partial charge in [-0.1, -0.05) is 13.8 Å². The van der Waals surface area contributed by atoms with Crippen LogP contribution in [0.3, 0.4) is 0 Å². The molecular formula is C22H34O5. The molecule has 0 bridgehead atoms. The van der Waals surface area contributed by atoms with Gasteiger partial charge in [0.05, 0.1) is 31.2 Å². The summed E-state index contributed by atoms with van der Waals surface area (Å²) in [5, 5.41) is 21.3. The summed E-state index contributed by atoms with van der Waals surface area (Å²) in [5.74, 6) is 0.897. The topological polar surface area (TPSA) is 83.8 Å². The molecule has 0 spiro atoms. The summed E-state index contributed by atoms with van der Waals surface area (Å²) in [6, 6.07) is 0. The van der Waals surface area contributed by atoms with Gasteiger partial charge in [0.2, 0.25) is 0 Å². The molecule has 0 saturated heterocycles. The monoisotopic (exact) mass is 378 g/mol. The number of Topliss-reactive ketones (excluding diaryl/α,β-unsaturated/α-hetero) is 1. The Balaban J connectivity index is 1.64. The smallest absolute Gasteiger partial charge is 0.308 e. The molecule has 4 rings (SSSR count). The molecule has 0 heterocycles. The Labute approximate surface area is 161 Å². The lowest BCUT2D eigenvalue weighted by Gasteiger charge is -2.61. The number of methoxy groups -OCH3 is 1. The number of carbonyl (C=O) groups excluding carboxylic acids is 2. The van der Waals surface area contributed by atoms with Gasteiger partial charge in [-0.15, -0.1) is 0 Å². The fourth-order valence-electron chi connectivity index (χ4n) is 7.79. The maximum Gasteiger partial charge on any atom is 0.308 e. The molecule has 0 aromatic carbocycles. The molecule has 4 saturated carbocycles. The normalized spacial score (nSPS) is 51.9. The summed E-state index contributed by atoms with van der Waals surface area (Å²) in [6.07, 6.45) is 5.32. The second-order valence-electron chi connectivity index (χ2n) is 10.1. The molecule has 0 aromatic heterocycles. The average molecular weight is 379 g/mol. The predicted molar refractivity (Wildman–Crippen MR) is 99.6 cm³/mol. The molecule has 9 atom stereocenters. The van der Waals surface area contributed by atoms with Crippen LogP contribution in [0.25, 0.3) is 0 Å². The summed E-state index contributed by atoms with van der Waals surface area (Å²) in [6.45, 7) is 4.25. The van der Waals surface area contributed by atoms with E-state index >= 15 is 0 Å². The Morgan fingerprint density at radius 1 is 1.19 bits per heavy atom. The van der Waals surface area contributed by atoms with Crippen LogP contribution in [0.2, 0.25) is 0 Å². The number of carbonyl (C=O) groups is 2. The standard InChI is InChI=1S/C22H34O5/c1-12-8-16-18-15(5-7-22(16,11-23)19(12)25)21(2)6-4-13(20(26)27-3)9-14(21)10-17(18)24/h12-18,23-24H,4-11H2,1-3H3/t12-,13+,14+,15?,16?,17+,18?,21+,22-/m1/s1. The largest absolute Gasteiger partial charge is 0.469 e. The number of esters is 1. The highest BCUT2D eigenvalue weighted by molar-refractivity contribution is 5.89. The third-order valence-corrected chi connectivity index (χ3v) is 9.25. The molecule has 5 nitrogen and oxygen atoms in total. The molecule has 4 aliphatic rings. The highest BCUT2D eigenvalue weighted by Gasteiger charge is 2.65. The lowest BCUT2D eigenvalue weighted by atomic mass is 9.44. The Bertz CT molecular complexity index is 632. The molecule has 3 unspecified atom stereocenters. The lowest BCUT2D eigenvalue weighted by Crippen LogP contribution is -2.59. The van der Waals surface area contributed by atoms with Gasteiger partial charge in [0.25, 0.3) is 0 Å². The van der Waals surface area contributed by atoms with E-state index in [0.717, 1.165) is 38.5 Å². The number of aliphatic hydroxyl groups is 2. The van der Waals surface area contributed by atoms with Crippen molar-refractivity contribution in [3.8, 4) is 0 Å². The summed E-state index contributed by atoms with van der Waals surface area (Å²) >= 11 is 0. The molecule has 0 aliphatic heterocycles. The molecule has 0 aromatic rings. The van der Waals surface area contributed by atoms with Crippen molar-refractivity contribution in [2.45, 2.75) is 64.9 Å². The Kier molecular flexibility index (Phi) is 4.70. The van der Waals surface area contributed by atoms with Crippen LogP contribution < -0.4 is 0 Å². The number of hydrogen-bond donors (Lipinski definition) is 2. The van der Waals surface area contributed by atoms with Gasteiger partial charge in [-0.25, -0.2) is 0 Å². The molecule has 2 N–H and O–H groups in total. The Morgan fingerprint density at radius 3 is 2.59 bits per heavy atom. The van der Waals surface area contributed by atoms with E-state index in [2.05, 4.69) is 6.92 Å². The number of hydrogen-bond acceptors (Lipinski definition) is 5. The van der Waals surface area contributed by atoms with E-state index in [1.807, 2.05) is 6.92 Å². The summed E-state index contributed by atoms with van der Waals surface area (Å²) in [5.41, 5.74) is -0.529. The minimum atomic E-state index is -0.631. The van der Waals surface area contributed by atoms with Crippen LogP contribution in [0, 0.1) is 46.3 Å². The SMILES string of the molecule is COC(=O)[C@H]1CC[C@]2(C)C3CC[C@]4(CO)C(=O)[C@H](C)CC4C3[C@@H](O)C[C@@H]2C1. The quantitative estimate of drug-likeness (QED) is 0.722. The first kappa shape index (κ1) is 19.4. The van der Waals surface area contributed by atoms with Crippen LogP contribution >= 0.6 is 0 Å². The van der Waals surface area contributed by atoms with Gasteiger partial charge in [0.1, 0.15) is 5.78 Å². The highest BCUT2D eigenvalue weighted by Crippen LogP contribution is 2.66. The van der Waals surface area contributed by atoms with Crippen molar-refractivity contribution in [2.24, 2.45) is 46.3 Å². The van der Waals surface area contributed by atoms with Crippen molar-refractivity contribution >= 4 is 11.8 Å². The van der Waals surface area contributed by atoms with E-state index in [9.17, 15) is 19.8 Å². The second kappa shape index (κ2) is 6.55. The van der Waals surface area contributed by atoms with Gasteiger partial charge in [-0.2, -0.15) is 0 Å². The summed E-state index contributed by atoms with van der Waals surface area (Å²) in [4.78, 5) is 25.0. The minimum Gasteiger partial charge on any atom is -0.469 e. The molecule has 0 radical (unpaired) electrons. The van der Waals surface area contributed by atoms with E-state index < -0.39 is 11.5 Å². The molecule has 27 heavy (non-hydrogen) atoms. The zero-order chi connectivity index (χ0) is 19.6. The predicted octanol–water partition coefficient (Wildman–Crippen LogP) is 2.58. The summed E-state index contributed by atoms with van der Waals surface area (Å²) in [7, 11) is 1.45. The molecule has 4 fully saturated rings. The van der Waals surface area contributed by atoms with Crippen LogP contribution in [0.4, 0.5) is 0 Å². The van der Waals surface area contributed by atoms with Crippen molar-refractivity contribution < 1.29 is 24.5 Å². The van der Waals surface area contributed by atoms with E-state index in [0.29, 0.717) is 18.3 Å². The number of ketones is 1. The molecule has 4 aliphatic carbocycles. The number of aliphatic hydroxyl groups excluding tert-OH is 2. The van der Waals surface area contributed by atoms with Gasteiger partial charge < -0.3 is 14.9 Å². The Hall–Kier alpha value is -0.940. The average Bonchev–Trinajstić information content (AvgIpc) is 2.92. The molecular weight excluding hydrogens is 344 g/mol. The fraction of sp³-hybridized carbons (Fsp3) is 0.909. The van der Waals surface area contributed by atoms with Crippen molar-refractivity contribution in [1.82, 2.24) is 0 Å². The fourth-order valence-corrected chi connectivity index (χ4v) is 7.79. The van der Waals surface area contributed by atoms with Crippen LogP contribution in [0.1, 0.15) is 58.8 Å². The molecule has 5 heteroatoms. The van der Waals surface area contributed by atoms with Crippen LogP contribution in [-0.4, -0.2) is 41.8 Å². The van der Waals surface area contributed by atoms with Crippen molar-refractivity contribution in [3.63, 3.8) is 0 Å². The first-order chi connectivity index (χ1) is 12.8. The second-order valence-corrected chi connectivity index (χ2v) is 10.1. The first-order valence-electron chi connectivity index (χ1n) is 10.7. The van der Waals surface area contributed by atoms with Gasteiger partial charge in [-0.05, 0) is 74.0 Å². The Morgan fingerprint density at radius 2 is 1.93 bits per heavy atom. The first-order valence-corrected chi connectivity index (χ1v) is 10.7. The van der Waals surface area contributed by atoms with Crippen molar-refractivity contribution in [1.29, 1.82) is 0 Å². The zero-order valence-corrected chi connectivity index (χ0v) is 16.8. The van der Waals surface area contributed by atoms with E-state index in [1.54, 1.807) is 0 Å². The lowest BCUT2D eigenvalue weighted by molar-refractivity contribution is -0.180. The van der Waals surface area contributed by atoms with E-state index in [4.69, 9.17) is 4.74 Å². The molecule has 152 valence electrons. The molecule has 0 amide bonds. The number of fused-ring (bicyclic) bond motifs is 5. The zero-order valence-electron chi connectivity index (χ0n) is 16.8. The number of rotatable bonds is 2. The van der Waals surface area contributed by atoms with Gasteiger partial charge >= 0.3 is 5.97 Å². The van der Waals surface area contributed by atoms with Gasteiger partial charge in [0, 0.05) is 5.92 Å². The van der Waals surface area contributed by atoms with Gasteiger partial charge in [0.15, 0.2) is 0 Å². The van der Waals surface area contributed by atoms with Crippen molar-refractivity contribution in [2.75, 3.05) is 13.7 Å². The van der Waals surface area contributed by atoms with Crippen LogP contribution in [0.5, 0.6) is 0 Å². The van der Waals surface area contributed by atoms with Crippen LogP contribution in [0.15, 0.2) is 0 Å². The van der Waals surface area contributed by atoms with E-state index in [1.165, 1.54) is 7.11 Å². The van der Waals surface area contributed by atoms with Crippen LogP contribution in [-0.2, 0) is 14.3 Å². The maximum atomic E-state index is 12.9. The van der Waals surface area contributed by atoms with E-state index in [-0.39, 0.29) is 47.4 Å². The van der Waals surface area contributed by atoms with Gasteiger partial charge in [-0.3, -0.25) is 9.59 Å². The minimum absolute atomic E-state index is 0.0197. The third kappa shape index (κ3) is 2.57. The van der Waals surface area contributed by atoms with Crippen molar-refractivity contribution in [3.05, 3.63) is 0 Å². The number of ether oxygens (including phenoxy) is 1. The summed E-state index contributed by atoms with van der Waals surface area (Å²) < 4.78 is 4.98. The third-order valence-electron chi connectivity index (χ3n) is 9.25. The highest BCUT2D eigenvalue weighted by atomic mass is 16.5.